The number of nitrogens with one attached hydrogen (secondary N) is 2. The van der Waals surface area contributed by atoms with E-state index < -0.39 is 11.7 Å². The molecule has 2 heterocycles. The summed E-state index contributed by atoms with van der Waals surface area (Å²) in [5.41, 5.74) is 1.76. The number of aryl methyl sites for hydroxylation is 1. The molecule has 2 amide bonds. The fourth-order valence-corrected chi connectivity index (χ4v) is 4.78. The smallest absolute Gasteiger partial charge is 0.259 e. The zero-order chi connectivity index (χ0) is 20.4. The van der Waals surface area contributed by atoms with Crippen molar-refractivity contribution in [3.63, 3.8) is 0 Å². The van der Waals surface area contributed by atoms with Crippen LogP contribution in [0.4, 0.5) is 15.1 Å². The molecular formula is C21H17ClFN3O2S. The molecule has 0 bridgehead atoms. The van der Waals surface area contributed by atoms with Gasteiger partial charge in [-0.05, 0) is 61.6 Å². The Kier molecular flexibility index (Phi) is 5.60. The van der Waals surface area contributed by atoms with E-state index in [1.807, 2.05) is 0 Å². The zero-order valence-electron chi connectivity index (χ0n) is 15.3. The first-order chi connectivity index (χ1) is 14.0. The Labute approximate surface area is 175 Å². The van der Waals surface area contributed by atoms with E-state index in [0.717, 1.165) is 42.2 Å². The lowest BCUT2D eigenvalue weighted by molar-refractivity contribution is 0.102. The quantitative estimate of drug-likeness (QED) is 0.589. The molecule has 3 aromatic rings. The highest BCUT2D eigenvalue weighted by Gasteiger charge is 2.27. The minimum Gasteiger partial charge on any atom is -0.319 e. The molecule has 0 saturated carbocycles. The van der Waals surface area contributed by atoms with Crippen LogP contribution in [0.15, 0.2) is 42.7 Å². The molecule has 0 radical (unpaired) electrons. The van der Waals surface area contributed by atoms with Gasteiger partial charge in [0, 0.05) is 22.3 Å². The lowest BCUT2D eigenvalue weighted by Crippen LogP contribution is -2.19. The first-order valence-electron chi connectivity index (χ1n) is 9.15. The van der Waals surface area contributed by atoms with Crippen molar-refractivity contribution in [1.82, 2.24) is 4.98 Å². The average molecular weight is 430 g/mol. The number of benzene rings is 1. The fraction of sp³-hybridized carbons (Fsp3) is 0.190. The average Bonchev–Trinajstić information content (AvgIpc) is 3.08. The maximum absolute atomic E-state index is 14.2. The van der Waals surface area contributed by atoms with Gasteiger partial charge in [0.25, 0.3) is 11.8 Å². The van der Waals surface area contributed by atoms with E-state index in [0.29, 0.717) is 16.1 Å². The molecule has 5 nitrogen and oxygen atoms in total. The Balaban J connectivity index is 1.66. The number of hydrogen-bond acceptors (Lipinski definition) is 4. The van der Waals surface area contributed by atoms with Crippen LogP contribution in [0.3, 0.4) is 0 Å². The molecule has 0 spiro atoms. The van der Waals surface area contributed by atoms with Crippen molar-refractivity contribution in [2.75, 3.05) is 10.6 Å². The molecular weight excluding hydrogens is 413 g/mol. The van der Waals surface area contributed by atoms with Gasteiger partial charge in [0.05, 0.1) is 16.8 Å². The van der Waals surface area contributed by atoms with Crippen molar-refractivity contribution < 1.29 is 14.0 Å². The highest BCUT2D eigenvalue weighted by Crippen LogP contribution is 2.39. The predicted molar refractivity (Wildman–Crippen MR) is 113 cm³/mol. The van der Waals surface area contributed by atoms with E-state index in [1.54, 1.807) is 18.3 Å². The van der Waals surface area contributed by atoms with Crippen LogP contribution >= 0.6 is 22.9 Å². The summed E-state index contributed by atoms with van der Waals surface area (Å²) < 4.78 is 14.2. The number of thiophene rings is 1. The van der Waals surface area contributed by atoms with Crippen LogP contribution in [0.25, 0.3) is 0 Å². The SMILES string of the molecule is O=C(Nc1sc2c(c1C(=O)Nc1ccc(Cl)cc1F)CCCC2)c1cccnc1. The molecule has 4 rings (SSSR count). The van der Waals surface area contributed by atoms with Gasteiger partial charge in [-0.25, -0.2) is 4.39 Å². The van der Waals surface area contributed by atoms with Crippen molar-refractivity contribution in [2.24, 2.45) is 0 Å². The number of pyridine rings is 1. The van der Waals surface area contributed by atoms with Gasteiger partial charge >= 0.3 is 0 Å². The van der Waals surface area contributed by atoms with Crippen LogP contribution in [-0.2, 0) is 12.8 Å². The summed E-state index contributed by atoms with van der Waals surface area (Å²) in [5, 5.41) is 6.17. The molecule has 0 unspecified atom stereocenters. The largest absolute Gasteiger partial charge is 0.319 e. The number of halogens is 2. The van der Waals surface area contributed by atoms with Crippen molar-refractivity contribution >= 4 is 45.4 Å². The number of carbonyl (C=O) groups is 2. The maximum atomic E-state index is 14.2. The molecule has 1 aliphatic carbocycles. The Hall–Kier alpha value is -2.77. The zero-order valence-corrected chi connectivity index (χ0v) is 16.9. The standard InChI is InChI=1S/C21H17ClFN3O2S/c22-13-7-8-16(15(23)10-13)25-20(28)18-14-5-1-2-6-17(14)29-21(18)26-19(27)12-4-3-9-24-11-12/h3-4,7-11H,1-2,5-6H2,(H,25,28)(H,26,27). The third-order valence-electron chi connectivity index (χ3n) is 4.73. The van der Waals surface area contributed by atoms with Crippen LogP contribution < -0.4 is 10.6 Å². The number of nitrogens with zero attached hydrogens (tertiary/aromatic N) is 1. The second kappa shape index (κ2) is 8.31. The van der Waals surface area contributed by atoms with Crippen LogP contribution in [0, 0.1) is 5.82 Å². The molecule has 0 aliphatic heterocycles. The van der Waals surface area contributed by atoms with Gasteiger partial charge in [-0.1, -0.05) is 11.6 Å². The molecule has 0 saturated heterocycles. The van der Waals surface area contributed by atoms with E-state index in [1.165, 1.54) is 29.7 Å². The maximum Gasteiger partial charge on any atom is 0.259 e. The third-order valence-corrected chi connectivity index (χ3v) is 6.17. The summed E-state index contributed by atoms with van der Waals surface area (Å²) >= 11 is 7.19. The van der Waals surface area contributed by atoms with Gasteiger partial charge in [-0.3, -0.25) is 14.6 Å². The van der Waals surface area contributed by atoms with Gasteiger partial charge in [0.15, 0.2) is 0 Å². The van der Waals surface area contributed by atoms with Gasteiger partial charge in [0.2, 0.25) is 0 Å². The van der Waals surface area contributed by atoms with E-state index in [-0.39, 0.29) is 16.6 Å². The molecule has 0 atom stereocenters. The van der Waals surface area contributed by atoms with Crippen molar-refractivity contribution in [1.29, 1.82) is 0 Å². The monoisotopic (exact) mass is 429 g/mol. The molecule has 8 heteroatoms. The lowest BCUT2D eigenvalue weighted by atomic mass is 9.95. The Morgan fingerprint density at radius 1 is 1.10 bits per heavy atom. The first kappa shape index (κ1) is 19.5. The van der Waals surface area contributed by atoms with E-state index >= 15 is 0 Å². The summed E-state index contributed by atoms with van der Waals surface area (Å²) in [6, 6.07) is 7.39. The molecule has 0 fully saturated rings. The molecule has 1 aromatic carbocycles. The second-order valence-electron chi connectivity index (χ2n) is 6.69. The summed E-state index contributed by atoms with van der Waals surface area (Å²) in [6.07, 6.45) is 6.66. The van der Waals surface area contributed by atoms with Crippen LogP contribution in [0.1, 0.15) is 44.0 Å². The second-order valence-corrected chi connectivity index (χ2v) is 8.23. The molecule has 148 valence electrons. The van der Waals surface area contributed by atoms with Crippen molar-refractivity contribution in [2.45, 2.75) is 25.7 Å². The number of fused-ring (bicyclic) bond motifs is 1. The topological polar surface area (TPSA) is 71.1 Å². The number of anilines is 2. The minimum absolute atomic E-state index is 0.0414. The van der Waals surface area contributed by atoms with Gasteiger partial charge in [0.1, 0.15) is 10.8 Å². The number of carbonyl (C=O) groups excluding carboxylic acids is 2. The molecule has 1 aliphatic rings. The minimum atomic E-state index is -0.615. The molecule has 29 heavy (non-hydrogen) atoms. The van der Waals surface area contributed by atoms with Gasteiger partial charge in [-0.2, -0.15) is 0 Å². The van der Waals surface area contributed by atoms with E-state index in [4.69, 9.17) is 11.6 Å². The highest BCUT2D eigenvalue weighted by molar-refractivity contribution is 7.17. The number of aromatic nitrogens is 1. The summed E-state index contributed by atoms with van der Waals surface area (Å²) in [5.74, 6) is -1.41. The Morgan fingerprint density at radius 3 is 2.69 bits per heavy atom. The summed E-state index contributed by atoms with van der Waals surface area (Å²) in [7, 11) is 0. The van der Waals surface area contributed by atoms with Crippen LogP contribution in [0.2, 0.25) is 5.02 Å². The van der Waals surface area contributed by atoms with Crippen LogP contribution in [0.5, 0.6) is 0 Å². The van der Waals surface area contributed by atoms with E-state index in [9.17, 15) is 14.0 Å². The Morgan fingerprint density at radius 2 is 1.93 bits per heavy atom. The summed E-state index contributed by atoms with van der Waals surface area (Å²) in [6.45, 7) is 0. The van der Waals surface area contributed by atoms with Crippen molar-refractivity contribution in [3.8, 4) is 0 Å². The predicted octanol–water partition coefficient (Wildman–Crippen LogP) is 5.32. The normalized spacial score (nSPS) is 12.9. The highest BCUT2D eigenvalue weighted by atomic mass is 35.5. The number of amides is 2. The van der Waals surface area contributed by atoms with Crippen molar-refractivity contribution in [3.05, 3.63) is 75.1 Å². The van der Waals surface area contributed by atoms with Gasteiger partial charge in [-0.15, -0.1) is 11.3 Å². The lowest BCUT2D eigenvalue weighted by Gasteiger charge is -2.13. The summed E-state index contributed by atoms with van der Waals surface area (Å²) in [4.78, 5) is 30.7. The number of rotatable bonds is 4. The molecule has 2 N–H and O–H groups in total. The first-order valence-corrected chi connectivity index (χ1v) is 10.3. The van der Waals surface area contributed by atoms with Crippen LogP contribution in [-0.4, -0.2) is 16.8 Å². The Bertz CT molecular complexity index is 1090. The fourth-order valence-electron chi connectivity index (χ4n) is 3.34. The van der Waals surface area contributed by atoms with E-state index in [2.05, 4.69) is 15.6 Å². The van der Waals surface area contributed by atoms with Gasteiger partial charge < -0.3 is 10.6 Å². The third kappa shape index (κ3) is 4.16. The number of hydrogen-bond donors (Lipinski definition) is 2. The molecule has 2 aromatic heterocycles.